The number of nitrogens with one attached hydrogen (secondary N) is 8. The summed E-state index contributed by atoms with van der Waals surface area (Å²) in [6.07, 6.45) is 3.37. The number of benzene rings is 2. The molecule has 4 heterocycles. The molecule has 5 amide bonds. The van der Waals surface area contributed by atoms with E-state index in [4.69, 9.17) is 12.2 Å². The van der Waals surface area contributed by atoms with Crippen LogP contribution in [0.3, 0.4) is 0 Å². The van der Waals surface area contributed by atoms with E-state index in [9.17, 15) is 103 Å². The quantitative estimate of drug-likeness (QED) is 0.0192. The van der Waals surface area contributed by atoms with Crippen LogP contribution in [0.4, 0.5) is 5.69 Å². The highest BCUT2D eigenvalue weighted by atomic mass is 32.1. The maximum atomic E-state index is 14.5. The molecule has 0 spiro atoms. The zero-order chi connectivity index (χ0) is 81.1. The molecule has 5 atom stereocenters. The molecule has 0 radical (unpaired) electrons. The minimum absolute atomic E-state index is 0.00172. The molecule has 610 valence electrons. The third-order valence-corrected chi connectivity index (χ3v) is 19.1. The van der Waals surface area contributed by atoms with Gasteiger partial charge in [-0.2, -0.15) is 0 Å². The summed E-state index contributed by atoms with van der Waals surface area (Å²) in [7, 11) is 1.44. The van der Waals surface area contributed by atoms with Gasteiger partial charge in [-0.05, 0) is 61.7 Å². The van der Waals surface area contributed by atoms with Gasteiger partial charge in [-0.3, -0.25) is 63.2 Å². The van der Waals surface area contributed by atoms with Gasteiger partial charge in [0.25, 0.3) is 0 Å². The van der Waals surface area contributed by atoms with E-state index in [-0.39, 0.29) is 155 Å². The molecule has 2 fully saturated rings. The number of para-hydroxylation sites is 1. The number of nitrogens with zero attached hydrogens (tertiary/aromatic N) is 10. The number of fused-ring (bicyclic) bond motifs is 1. The molecule has 4 aromatic rings. The summed E-state index contributed by atoms with van der Waals surface area (Å²) in [5.41, 5.74) is 2.78. The van der Waals surface area contributed by atoms with Crippen molar-refractivity contribution in [2.75, 3.05) is 176 Å². The second-order valence-corrected chi connectivity index (χ2v) is 27.5. The van der Waals surface area contributed by atoms with Gasteiger partial charge in [-0.15, -0.1) is 0 Å². The van der Waals surface area contributed by atoms with Crippen LogP contribution >= 0.6 is 12.2 Å². The van der Waals surface area contributed by atoms with Crippen LogP contribution in [0.25, 0.3) is 10.9 Å². The second-order valence-electron chi connectivity index (χ2n) is 27.1. The molecule has 2 aliphatic rings. The number of carboxylic acids is 8. The van der Waals surface area contributed by atoms with Crippen molar-refractivity contribution in [2.24, 2.45) is 0 Å². The number of hydrogen-bond acceptors (Lipinski definition) is 31. The lowest BCUT2D eigenvalue weighted by Crippen LogP contribution is -2.55. The molecule has 2 saturated heterocycles. The summed E-state index contributed by atoms with van der Waals surface area (Å²) in [6, 6.07) is 7.72. The number of carbonyl (C=O) groups is 13. The van der Waals surface area contributed by atoms with Gasteiger partial charge in [0.2, 0.25) is 29.5 Å². The van der Waals surface area contributed by atoms with Crippen LogP contribution in [-0.4, -0.2) is 336 Å². The molecule has 0 unspecified atom stereocenters. The van der Waals surface area contributed by atoms with Gasteiger partial charge in [0, 0.05) is 249 Å². The Balaban J connectivity index is 1.23. The molecule has 6 rings (SSSR count). The minimum atomic E-state index is -1.63. The van der Waals surface area contributed by atoms with Crippen molar-refractivity contribution >= 4 is 111 Å². The zero-order valence-corrected chi connectivity index (χ0v) is 62.8. The third-order valence-electron chi connectivity index (χ3n) is 18.9. The van der Waals surface area contributed by atoms with Crippen LogP contribution < -0.4 is 72.8 Å². The Morgan fingerprint density at radius 3 is 1.41 bits per heavy atom. The number of rotatable bonds is 40. The van der Waals surface area contributed by atoms with Gasteiger partial charge >= 0.3 is 0 Å². The fourth-order valence-electron chi connectivity index (χ4n) is 13.2. The summed E-state index contributed by atoms with van der Waals surface area (Å²) in [5, 5.41) is 115. The number of imidazole rings is 1. The molecule has 39 nitrogen and oxygen atoms in total. The predicted molar refractivity (Wildman–Crippen MR) is 383 cm³/mol. The number of carbonyl (C=O) groups excluding carboxylic acids is 13. The molecule has 2 aromatic heterocycles. The average Bonchev–Trinajstić information content (AvgIpc) is 1.67. The number of hydrogen-bond donors (Lipinski definition) is 8. The van der Waals surface area contributed by atoms with E-state index in [1.807, 2.05) is 18.2 Å². The molecule has 40 heteroatoms. The van der Waals surface area contributed by atoms with Gasteiger partial charge in [0.05, 0.1) is 60.1 Å². The van der Waals surface area contributed by atoms with Crippen LogP contribution in [0.2, 0.25) is 0 Å². The summed E-state index contributed by atoms with van der Waals surface area (Å²) >= 11 is 5.81. The molecule has 8 N–H and O–H groups in total. The number of carboxylic acid groups (broad SMARTS) is 8. The lowest BCUT2D eigenvalue weighted by atomic mass is 10.0. The van der Waals surface area contributed by atoms with Crippen molar-refractivity contribution in [2.45, 2.75) is 88.5 Å². The molecule has 111 heavy (non-hydrogen) atoms. The van der Waals surface area contributed by atoms with Gasteiger partial charge < -0.3 is 126 Å². The molecule has 2 aromatic carbocycles. The first-order valence-electron chi connectivity index (χ1n) is 36.4. The van der Waals surface area contributed by atoms with E-state index in [0.29, 0.717) is 39.8 Å². The first kappa shape index (κ1) is 89.6. The Labute approximate surface area is 646 Å². The van der Waals surface area contributed by atoms with Crippen molar-refractivity contribution < 1.29 is 103 Å². The van der Waals surface area contributed by atoms with Gasteiger partial charge in [-0.1, -0.05) is 37.3 Å². The lowest BCUT2D eigenvalue weighted by Gasteiger charge is -2.38. The van der Waals surface area contributed by atoms with E-state index < -0.39 is 166 Å². The summed E-state index contributed by atoms with van der Waals surface area (Å²) < 4.78 is 0. The SMILES string of the molecule is CCCC(=O)N(CCNC(=O)CC[C@@H](C(=O)[O-])N1CCN(CC(=O)[O-])CCN(CC(=O)[O-])CCN(CC(=O)[O-])CC1)C[C@H](Cc1ccc(NC(=S)N[C@H](C(=O)N[C@@H](Cc2cnc[nH]2)C(=O)NC)c2c[nH]c3ccccc23)cc1)NC(=O)CC[C@@H](C(=O)[O-])N1CCN(CC(=O)[O-])CCN(CC(=O)[O-])CCN(CC(=O)[O-])CC1. The summed E-state index contributed by atoms with van der Waals surface area (Å²) in [6.45, 7) is -3.45. The first-order chi connectivity index (χ1) is 52.9. The highest BCUT2D eigenvalue weighted by Crippen LogP contribution is 2.26. The molecule has 0 aliphatic carbocycles. The number of amides is 5. The number of anilines is 1. The van der Waals surface area contributed by atoms with Crippen LogP contribution in [0.15, 0.2) is 67.3 Å². The molecule has 2 aliphatic heterocycles. The number of thiocarbonyl (C=S) groups is 1. The van der Waals surface area contributed by atoms with Crippen LogP contribution in [0, 0.1) is 0 Å². The van der Waals surface area contributed by atoms with E-state index in [2.05, 4.69) is 46.9 Å². The number of likely N-dealkylation sites (N-methyl/N-ethyl adjacent to an activating group) is 1. The summed E-state index contributed by atoms with van der Waals surface area (Å²) in [4.78, 5) is 190. The van der Waals surface area contributed by atoms with E-state index in [0.717, 1.165) is 0 Å². The standard InChI is InChI=1S/C71H104N18O21S/c1-3-6-59(92)89(18-17-74-57(90)15-13-55(69(107)108)87-31-27-83(42-62(97)98)23-19-81(40-60(93)94)20-24-84(28-32-87)43-63(99)100)39-50(77-58(91)16-14-56(70(109)110)88-33-29-85(44-64(101)102)25-21-82(41-61(95)96)22-26-86(30-34-88)45-65(103)104)35-47-9-11-48(12-10-47)78-71(111)80-66(52-38-75-53-8-5-4-7-51(52)53)68(106)79-54(67(105)72-2)36-49-37-73-46-76-49/h4-5,7-12,37-38,46,50,54-56,66,75H,3,6,13-36,39-45H2,1-2H3,(H,72,105)(H,73,76)(H,74,90)(H,77,91)(H,79,106)(H,93,94)(H,95,96)(H,97,98)(H,99,100)(H,101,102)(H,103,104)(H,107,108)(H,109,110)(H2,78,80,111)/p-8/t50-,54-,55-,56-,66-/m0/s1. The number of aromatic nitrogens is 3. The van der Waals surface area contributed by atoms with Crippen LogP contribution in [0.1, 0.15) is 68.3 Å². The smallest absolute Gasteiger partial charge is 0.247 e. The Hall–Kier alpha value is -10.3. The average molecular weight is 1570 g/mol. The fourth-order valence-corrected chi connectivity index (χ4v) is 13.5. The molecular formula is C71H96N18O21S-8. The Morgan fingerprint density at radius 2 is 0.982 bits per heavy atom. The van der Waals surface area contributed by atoms with Crippen molar-refractivity contribution in [3.8, 4) is 0 Å². The lowest BCUT2D eigenvalue weighted by molar-refractivity contribution is -0.313. The first-order valence-corrected chi connectivity index (χ1v) is 36.8. The normalized spacial score (nSPS) is 16.9. The van der Waals surface area contributed by atoms with Crippen LogP contribution in [0.5, 0.6) is 0 Å². The van der Waals surface area contributed by atoms with E-state index in [1.54, 1.807) is 43.5 Å². The minimum Gasteiger partial charge on any atom is -0.549 e. The monoisotopic (exact) mass is 1570 g/mol. The highest BCUT2D eigenvalue weighted by Gasteiger charge is 2.32. The van der Waals surface area contributed by atoms with Crippen molar-refractivity contribution in [1.29, 1.82) is 0 Å². The number of H-pyrrole nitrogens is 2. The Morgan fingerprint density at radius 1 is 0.532 bits per heavy atom. The predicted octanol–water partition coefficient (Wildman–Crippen LogP) is -13.1. The fraction of sp³-hybridized carbons (Fsp3) is 0.563. The number of aliphatic carboxylic acids is 8. The van der Waals surface area contributed by atoms with Gasteiger partial charge in [-0.25, -0.2) is 4.98 Å². The van der Waals surface area contributed by atoms with Crippen LogP contribution in [-0.2, 0) is 75.2 Å². The third kappa shape index (κ3) is 32.3. The van der Waals surface area contributed by atoms with Gasteiger partial charge in [0.15, 0.2) is 5.11 Å². The van der Waals surface area contributed by atoms with E-state index in [1.165, 1.54) is 63.7 Å². The maximum Gasteiger partial charge on any atom is 0.247 e. The van der Waals surface area contributed by atoms with Crippen molar-refractivity contribution in [3.05, 3.63) is 84.1 Å². The summed E-state index contributed by atoms with van der Waals surface area (Å²) in [5.74, 6) is -14.8. The topological polar surface area (TPSA) is 552 Å². The Bertz CT molecular complexity index is 3710. The Kier molecular flexibility index (Phi) is 37.4. The highest BCUT2D eigenvalue weighted by molar-refractivity contribution is 7.80. The second kappa shape index (κ2) is 46.4. The number of aromatic amines is 2. The van der Waals surface area contributed by atoms with Crippen molar-refractivity contribution in [3.63, 3.8) is 0 Å². The molecule has 0 bridgehead atoms. The maximum absolute atomic E-state index is 14.5. The molecule has 0 saturated carbocycles. The molecular weight excluding hydrogens is 1470 g/mol. The zero-order valence-electron chi connectivity index (χ0n) is 62.0. The largest absolute Gasteiger partial charge is 0.549 e. The van der Waals surface area contributed by atoms with E-state index >= 15 is 0 Å². The van der Waals surface area contributed by atoms with Crippen molar-refractivity contribution in [1.82, 2.24) is 85.6 Å². The van der Waals surface area contributed by atoms with Gasteiger partial charge in [0.1, 0.15) is 12.1 Å².